The summed E-state index contributed by atoms with van der Waals surface area (Å²) in [6.07, 6.45) is 1.74. The fraction of sp³-hybridized carbons (Fsp3) is 0.316. The van der Waals surface area contributed by atoms with E-state index in [1.165, 1.54) is 24.3 Å². The smallest absolute Gasteiger partial charge is 0.238 e. The van der Waals surface area contributed by atoms with E-state index in [1.54, 1.807) is 12.1 Å². The van der Waals surface area contributed by atoms with Gasteiger partial charge in [-0.15, -0.1) is 0 Å². The lowest BCUT2D eigenvalue weighted by atomic mass is 9.97. The lowest BCUT2D eigenvalue weighted by Gasteiger charge is -2.33. The number of anilines is 2. The summed E-state index contributed by atoms with van der Waals surface area (Å²) >= 11 is 0. The number of amides is 1. The first kappa shape index (κ1) is 19.3. The Morgan fingerprint density at radius 3 is 2.81 bits per heavy atom. The first-order valence-electron chi connectivity index (χ1n) is 8.71. The molecule has 0 aliphatic carbocycles. The highest BCUT2D eigenvalue weighted by atomic mass is 32.2. The predicted octanol–water partition coefficient (Wildman–Crippen LogP) is 2.56. The molecule has 0 saturated carbocycles. The quantitative estimate of drug-likeness (QED) is 0.819. The molecule has 2 aromatic rings. The minimum absolute atomic E-state index is 0.0589. The molecule has 0 aromatic heterocycles. The van der Waals surface area contributed by atoms with Crippen LogP contribution in [0.15, 0.2) is 41.3 Å². The summed E-state index contributed by atoms with van der Waals surface area (Å²) in [5.41, 5.74) is 2.95. The molecule has 0 unspecified atom stereocenters. The van der Waals surface area contributed by atoms with E-state index < -0.39 is 10.0 Å². The molecule has 0 spiro atoms. The van der Waals surface area contributed by atoms with E-state index in [0.717, 1.165) is 24.2 Å². The summed E-state index contributed by atoms with van der Waals surface area (Å²) in [5.74, 6) is -0.452. The number of hydrogen-bond donors (Lipinski definition) is 2. The Balaban J connectivity index is 1.67. The van der Waals surface area contributed by atoms with Gasteiger partial charge in [0.25, 0.3) is 0 Å². The summed E-state index contributed by atoms with van der Waals surface area (Å²) in [6, 6.07) is 9.05. The van der Waals surface area contributed by atoms with Crippen molar-refractivity contribution in [1.82, 2.24) is 0 Å². The van der Waals surface area contributed by atoms with Gasteiger partial charge in [0.2, 0.25) is 15.9 Å². The highest BCUT2D eigenvalue weighted by molar-refractivity contribution is 7.89. The molecule has 1 amide bonds. The number of primary sulfonamides is 1. The Bertz CT molecular complexity index is 976. The molecule has 0 atom stereocenters. The molecule has 144 valence electrons. The van der Waals surface area contributed by atoms with Gasteiger partial charge in [-0.05, 0) is 49.6 Å². The monoisotopic (exact) mass is 391 g/mol. The Hall–Kier alpha value is -2.45. The van der Waals surface area contributed by atoms with E-state index in [4.69, 9.17) is 5.14 Å². The van der Waals surface area contributed by atoms with Crippen LogP contribution in [-0.4, -0.2) is 27.4 Å². The van der Waals surface area contributed by atoms with E-state index in [9.17, 15) is 17.6 Å². The summed E-state index contributed by atoms with van der Waals surface area (Å²) in [4.78, 5) is 14.3. The number of nitrogens with one attached hydrogen (secondary N) is 1. The van der Waals surface area contributed by atoms with Crippen LogP contribution in [0.5, 0.6) is 0 Å². The van der Waals surface area contributed by atoms with Crippen molar-refractivity contribution in [1.29, 1.82) is 0 Å². The lowest BCUT2D eigenvalue weighted by molar-refractivity contribution is -0.116. The van der Waals surface area contributed by atoms with E-state index in [2.05, 4.69) is 5.32 Å². The van der Waals surface area contributed by atoms with Crippen LogP contribution in [0.25, 0.3) is 0 Å². The summed E-state index contributed by atoms with van der Waals surface area (Å²) < 4.78 is 36.9. The van der Waals surface area contributed by atoms with Gasteiger partial charge in [-0.25, -0.2) is 17.9 Å². The van der Waals surface area contributed by atoms with Crippen molar-refractivity contribution in [2.75, 3.05) is 23.3 Å². The Morgan fingerprint density at radius 2 is 2.07 bits per heavy atom. The Morgan fingerprint density at radius 1 is 1.30 bits per heavy atom. The number of aryl methyl sites for hydroxylation is 1. The van der Waals surface area contributed by atoms with Crippen LogP contribution in [0.3, 0.4) is 0 Å². The number of nitrogens with zero attached hydrogens (tertiary/aromatic N) is 1. The van der Waals surface area contributed by atoms with E-state index in [0.29, 0.717) is 24.2 Å². The fourth-order valence-electron chi connectivity index (χ4n) is 3.40. The maximum absolute atomic E-state index is 14.1. The zero-order chi connectivity index (χ0) is 19.6. The van der Waals surface area contributed by atoms with Crippen LogP contribution in [0.2, 0.25) is 0 Å². The highest BCUT2D eigenvalue weighted by Crippen LogP contribution is 2.32. The van der Waals surface area contributed by atoms with Crippen LogP contribution < -0.4 is 15.4 Å². The van der Waals surface area contributed by atoms with Gasteiger partial charge in [0.05, 0.1) is 4.90 Å². The molecular formula is C19H22FN3O3S. The minimum atomic E-state index is -3.83. The van der Waals surface area contributed by atoms with Gasteiger partial charge < -0.3 is 10.2 Å². The van der Waals surface area contributed by atoms with Crippen molar-refractivity contribution in [3.05, 3.63) is 53.3 Å². The van der Waals surface area contributed by atoms with E-state index in [1.807, 2.05) is 11.8 Å². The van der Waals surface area contributed by atoms with Gasteiger partial charge in [0, 0.05) is 36.4 Å². The fourth-order valence-corrected chi connectivity index (χ4v) is 3.96. The molecule has 2 aromatic carbocycles. The number of benzene rings is 2. The molecule has 6 nitrogen and oxygen atoms in total. The largest absolute Gasteiger partial charge is 0.370 e. The molecule has 1 heterocycles. The zero-order valence-electron chi connectivity index (χ0n) is 15.0. The second-order valence-corrected chi connectivity index (χ2v) is 8.21. The number of sulfonamides is 1. The van der Waals surface area contributed by atoms with E-state index >= 15 is 0 Å². The first-order valence-corrected chi connectivity index (χ1v) is 10.3. The second-order valence-electron chi connectivity index (χ2n) is 6.65. The van der Waals surface area contributed by atoms with Gasteiger partial charge in [0.15, 0.2) is 0 Å². The first-order chi connectivity index (χ1) is 12.8. The van der Waals surface area contributed by atoms with Crippen LogP contribution in [-0.2, 0) is 21.2 Å². The molecule has 27 heavy (non-hydrogen) atoms. The molecule has 1 aliphatic heterocycles. The maximum Gasteiger partial charge on any atom is 0.238 e. The number of rotatable bonds is 5. The van der Waals surface area contributed by atoms with Crippen molar-refractivity contribution >= 4 is 27.3 Å². The SMILES string of the molecule is Cc1ccc(F)c2c1N(CCC(=O)Nc1cccc(S(N)(=O)=O)c1)CCC2. The van der Waals surface area contributed by atoms with Crippen molar-refractivity contribution in [3.63, 3.8) is 0 Å². The number of hydrogen-bond acceptors (Lipinski definition) is 4. The molecule has 3 N–H and O–H groups in total. The molecule has 1 aliphatic rings. The summed E-state index contributed by atoms with van der Waals surface area (Å²) in [5, 5.41) is 7.79. The van der Waals surface area contributed by atoms with Gasteiger partial charge in [0.1, 0.15) is 5.82 Å². The number of carbonyl (C=O) groups excluding carboxylic acids is 1. The summed E-state index contributed by atoms with van der Waals surface area (Å²) in [7, 11) is -3.83. The lowest BCUT2D eigenvalue weighted by Crippen LogP contribution is -2.33. The van der Waals surface area contributed by atoms with Crippen LogP contribution >= 0.6 is 0 Å². The molecule has 0 radical (unpaired) electrons. The van der Waals surface area contributed by atoms with E-state index in [-0.39, 0.29) is 23.0 Å². The molecular weight excluding hydrogens is 369 g/mol. The number of nitrogens with two attached hydrogens (primary N) is 1. The standard InChI is InChI=1S/C19H22FN3O3S/c1-13-7-8-17(20)16-6-3-10-23(19(13)16)11-9-18(24)22-14-4-2-5-15(12-14)27(21,25)26/h2,4-5,7-8,12H,3,6,9-11H2,1H3,(H,22,24)(H2,21,25,26). The third-order valence-electron chi connectivity index (χ3n) is 4.65. The van der Waals surface area contributed by atoms with Crippen molar-refractivity contribution < 1.29 is 17.6 Å². The molecule has 3 rings (SSSR count). The van der Waals surface area contributed by atoms with Gasteiger partial charge in [-0.3, -0.25) is 4.79 Å². The zero-order valence-corrected chi connectivity index (χ0v) is 15.9. The molecule has 0 bridgehead atoms. The Kier molecular flexibility index (Phi) is 5.48. The average Bonchev–Trinajstić information content (AvgIpc) is 2.62. The van der Waals surface area contributed by atoms with Gasteiger partial charge in [-0.2, -0.15) is 0 Å². The minimum Gasteiger partial charge on any atom is -0.370 e. The Labute approximate surface area is 158 Å². The average molecular weight is 391 g/mol. The van der Waals surface area contributed by atoms with Crippen LogP contribution in [0.1, 0.15) is 24.0 Å². The van der Waals surface area contributed by atoms with Crippen molar-refractivity contribution in [2.45, 2.75) is 31.1 Å². The third-order valence-corrected chi connectivity index (χ3v) is 5.56. The number of carbonyl (C=O) groups is 1. The van der Waals surface area contributed by atoms with Crippen LogP contribution in [0.4, 0.5) is 15.8 Å². The van der Waals surface area contributed by atoms with Crippen molar-refractivity contribution in [2.24, 2.45) is 5.14 Å². The summed E-state index contributed by atoms with van der Waals surface area (Å²) in [6.45, 7) is 3.17. The molecule has 0 fully saturated rings. The normalized spacial score (nSPS) is 14.0. The molecule has 8 heteroatoms. The van der Waals surface area contributed by atoms with Crippen LogP contribution in [0, 0.1) is 12.7 Å². The van der Waals surface area contributed by atoms with Gasteiger partial charge >= 0.3 is 0 Å². The third kappa shape index (κ3) is 4.45. The second kappa shape index (κ2) is 7.66. The highest BCUT2D eigenvalue weighted by Gasteiger charge is 2.22. The predicted molar refractivity (Wildman–Crippen MR) is 103 cm³/mol. The number of fused-ring (bicyclic) bond motifs is 1. The maximum atomic E-state index is 14.1. The van der Waals surface area contributed by atoms with Gasteiger partial charge in [-0.1, -0.05) is 12.1 Å². The number of halogens is 1. The van der Waals surface area contributed by atoms with Crippen molar-refractivity contribution in [3.8, 4) is 0 Å². The molecule has 0 saturated heterocycles. The topological polar surface area (TPSA) is 92.5 Å².